The van der Waals surface area contributed by atoms with Gasteiger partial charge in [-0.3, -0.25) is 0 Å². The summed E-state index contributed by atoms with van der Waals surface area (Å²) in [4.78, 5) is 5.51. The van der Waals surface area contributed by atoms with Crippen LogP contribution in [0.5, 0.6) is 0 Å². The quantitative estimate of drug-likeness (QED) is 0.827. The highest BCUT2D eigenvalue weighted by molar-refractivity contribution is 5.64. The lowest BCUT2D eigenvalue weighted by Gasteiger charge is -2.29. The number of nitrogens with zero attached hydrogens (tertiary/aromatic N) is 2. The maximum Gasteiger partial charge on any atom is 0.417 e. The molecule has 0 atom stereocenters. The molecule has 1 aromatic heterocycles. The molecule has 17 heavy (non-hydrogen) atoms. The Morgan fingerprint density at radius 3 is 2.41 bits per heavy atom. The van der Waals surface area contributed by atoms with Crippen molar-refractivity contribution in [3.05, 3.63) is 17.8 Å². The molecule has 3 nitrogen and oxygen atoms in total. The first-order valence-electron chi connectivity index (χ1n) is 5.56. The fraction of sp³-hybridized carbons (Fsp3) is 0.545. The molecule has 2 N–H and O–H groups in total. The monoisotopic (exact) mass is 245 g/mol. The number of alkyl halides is 3. The van der Waals surface area contributed by atoms with Crippen LogP contribution in [-0.4, -0.2) is 18.1 Å². The van der Waals surface area contributed by atoms with Crippen LogP contribution in [-0.2, 0) is 6.18 Å². The van der Waals surface area contributed by atoms with Crippen LogP contribution < -0.4 is 10.6 Å². The van der Waals surface area contributed by atoms with Gasteiger partial charge in [0.1, 0.15) is 5.82 Å². The second kappa shape index (κ2) is 4.43. The maximum absolute atomic E-state index is 12.6. The van der Waals surface area contributed by atoms with Crippen LogP contribution >= 0.6 is 0 Å². The first kappa shape index (κ1) is 12.0. The molecule has 2 rings (SSSR count). The van der Waals surface area contributed by atoms with E-state index >= 15 is 0 Å². The van der Waals surface area contributed by atoms with Crippen LogP contribution in [0, 0.1) is 0 Å². The molecule has 0 bridgehead atoms. The molecule has 1 aromatic rings. The zero-order valence-electron chi connectivity index (χ0n) is 9.30. The van der Waals surface area contributed by atoms with Gasteiger partial charge in [-0.1, -0.05) is 0 Å². The van der Waals surface area contributed by atoms with Gasteiger partial charge in [-0.15, -0.1) is 0 Å². The number of pyridine rings is 1. The third-order valence-corrected chi connectivity index (χ3v) is 2.92. The first-order chi connectivity index (χ1) is 7.98. The third kappa shape index (κ3) is 2.62. The van der Waals surface area contributed by atoms with E-state index in [0.29, 0.717) is 5.69 Å². The van der Waals surface area contributed by atoms with Crippen molar-refractivity contribution >= 4 is 11.5 Å². The van der Waals surface area contributed by atoms with Crippen LogP contribution in [0.3, 0.4) is 0 Å². The van der Waals surface area contributed by atoms with Gasteiger partial charge in [0.2, 0.25) is 0 Å². The summed E-state index contributed by atoms with van der Waals surface area (Å²) in [5, 5.41) is 0. The maximum atomic E-state index is 12.6. The number of nitrogen functional groups attached to an aromatic ring is 1. The Kier molecular flexibility index (Phi) is 3.13. The van der Waals surface area contributed by atoms with E-state index in [1.54, 1.807) is 0 Å². The molecule has 0 saturated carbocycles. The van der Waals surface area contributed by atoms with E-state index in [1.165, 1.54) is 0 Å². The Balaban J connectivity index is 2.31. The lowest BCUT2D eigenvalue weighted by atomic mass is 10.1. The molecule has 0 unspecified atom stereocenters. The van der Waals surface area contributed by atoms with E-state index in [-0.39, 0.29) is 5.82 Å². The third-order valence-electron chi connectivity index (χ3n) is 2.92. The molecular weight excluding hydrogens is 231 g/mol. The number of aromatic nitrogens is 1. The summed E-state index contributed by atoms with van der Waals surface area (Å²) >= 11 is 0. The van der Waals surface area contributed by atoms with Gasteiger partial charge in [0.05, 0.1) is 11.3 Å². The fourth-order valence-corrected chi connectivity index (χ4v) is 2.01. The zero-order chi connectivity index (χ0) is 12.5. The van der Waals surface area contributed by atoms with E-state index < -0.39 is 11.7 Å². The average Bonchev–Trinajstić information content (AvgIpc) is 2.29. The highest BCUT2D eigenvalue weighted by atomic mass is 19.4. The van der Waals surface area contributed by atoms with Crippen molar-refractivity contribution < 1.29 is 13.2 Å². The summed E-state index contributed by atoms with van der Waals surface area (Å²) in [7, 11) is 0. The Labute approximate surface area is 97.4 Å². The standard InChI is InChI=1S/C11H14F3N3/c12-11(13,14)8-6-9(10(15)16-7-8)17-4-2-1-3-5-17/h6-7H,1-5H2,(H2,15,16). The summed E-state index contributed by atoms with van der Waals surface area (Å²) in [6, 6.07) is 1.09. The largest absolute Gasteiger partial charge is 0.417 e. The second-order valence-corrected chi connectivity index (χ2v) is 4.17. The van der Waals surface area contributed by atoms with Crippen molar-refractivity contribution in [2.75, 3.05) is 23.7 Å². The lowest BCUT2D eigenvalue weighted by Crippen LogP contribution is -2.30. The van der Waals surface area contributed by atoms with Crippen molar-refractivity contribution in [3.63, 3.8) is 0 Å². The van der Waals surface area contributed by atoms with E-state index in [2.05, 4.69) is 4.98 Å². The van der Waals surface area contributed by atoms with Gasteiger partial charge in [0.25, 0.3) is 0 Å². The summed E-state index contributed by atoms with van der Waals surface area (Å²) in [6.07, 6.45) is -0.512. The molecule has 1 aliphatic heterocycles. The lowest BCUT2D eigenvalue weighted by molar-refractivity contribution is -0.137. The van der Waals surface area contributed by atoms with E-state index in [0.717, 1.165) is 44.6 Å². The Morgan fingerprint density at radius 2 is 1.82 bits per heavy atom. The van der Waals surface area contributed by atoms with Crippen molar-refractivity contribution in [3.8, 4) is 0 Å². The van der Waals surface area contributed by atoms with E-state index in [4.69, 9.17) is 5.73 Å². The molecule has 1 fully saturated rings. The van der Waals surface area contributed by atoms with Crippen LogP contribution in [0.1, 0.15) is 24.8 Å². The number of rotatable bonds is 1. The van der Waals surface area contributed by atoms with Gasteiger partial charge in [0, 0.05) is 19.3 Å². The van der Waals surface area contributed by atoms with Gasteiger partial charge in [0.15, 0.2) is 0 Å². The molecule has 1 saturated heterocycles. The molecule has 94 valence electrons. The van der Waals surface area contributed by atoms with Crippen LogP contribution in [0.25, 0.3) is 0 Å². The average molecular weight is 245 g/mol. The minimum absolute atomic E-state index is 0.167. The first-order valence-corrected chi connectivity index (χ1v) is 5.56. The van der Waals surface area contributed by atoms with Crippen molar-refractivity contribution in [2.24, 2.45) is 0 Å². The molecule has 6 heteroatoms. The van der Waals surface area contributed by atoms with Gasteiger partial charge >= 0.3 is 6.18 Å². The molecule has 0 radical (unpaired) electrons. The fourth-order valence-electron chi connectivity index (χ4n) is 2.01. The van der Waals surface area contributed by atoms with E-state index in [1.807, 2.05) is 4.90 Å². The van der Waals surface area contributed by atoms with Gasteiger partial charge in [-0.25, -0.2) is 4.98 Å². The smallest absolute Gasteiger partial charge is 0.382 e. The minimum atomic E-state index is -4.37. The molecule has 0 aliphatic carbocycles. The van der Waals surface area contributed by atoms with Crippen LogP contribution in [0.2, 0.25) is 0 Å². The van der Waals surface area contributed by atoms with Crippen molar-refractivity contribution in [2.45, 2.75) is 25.4 Å². The molecule has 0 aromatic carbocycles. The molecule has 0 spiro atoms. The Bertz CT molecular complexity index is 397. The Morgan fingerprint density at radius 1 is 1.18 bits per heavy atom. The number of halogens is 3. The van der Waals surface area contributed by atoms with Gasteiger partial charge in [-0.2, -0.15) is 13.2 Å². The van der Waals surface area contributed by atoms with Crippen LogP contribution in [0.4, 0.5) is 24.7 Å². The predicted molar refractivity (Wildman–Crippen MR) is 59.7 cm³/mol. The number of nitrogens with two attached hydrogens (primary N) is 1. The molecule has 2 heterocycles. The van der Waals surface area contributed by atoms with Gasteiger partial charge in [-0.05, 0) is 25.3 Å². The summed E-state index contributed by atoms with van der Waals surface area (Å²) < 4.78 is 37.7. The number of piperidine rings is 1. The number of anilines is 2. The van der Waals surface area contributed by atoms with E-state index in [9.17, 15) is 13.2 Å². The molecular formula is C11H14F3N3. The van der Waals surface area contributed by atoms with Crippen LogP contribution in [0.15, 0.2) is 12.3 Å². The highest BCUT2D eigenvalue weighted by Gasteiger charge is 2.32. The predicted octanol–water partition coefficient (Wildman–Crippen LogP) is 2.67. The van der Waals surface area contributed by atoms with Crippen molar-refractivity contribution in [1.29, 1.82) is 0 Å². The molecule has 1 aliphatic rings. The SMILES string of the molecule is Nc1ncc(C(F)(F)F)cc1N1CCCCC1. The normalized spacial score (nSPS) is 17.2. The Hall–Kier alpha value is -1.46. The zero-order valence-corrected chi connectivity index (χ0v) is 9.30. The highest BCUT2D eigenvalue weighted by Crippen LogP contribution is 2.33. The van der Waals surface area contributed by atoms with Crippen molar-refractivity contribution in [1.82, 2.24) is 4.98 Å². The topological polar surface area (TPSA) is 42.1 Å². The number of hydrogen-bond donors (Lipinski definition) is 1. The summed E-state index contributed by atoms with van der Waals surface area (Å²) in [6.45, 7) is 1.49. The molecule has 0 amide bonds. The minimum Gasteiger partial charge on any atom is -0.382 e. The summed E-state index contributed by atoms with van der Waals surface area (Å²) in [5.74, 6) is 0.167. The van der Waals surface area contributed by atoms with Gasteiger partial charge < -0.3 is 10.6 Å². The second-order valence-electron chi connectivity index (χ2n) is 4.17. The summed E-state index contributed by atoms with van der Waals surface area (Å²) in [5.41, 5.74) is 5.30. The number of hydrogen-bond acceptors (Lipinski definition) is 3.